The molecule has 0 amide bonds. The number of rotatable bonds is 5. The van der Waals surface area contributed by atoms with E-state index in [1.165, 1.54) is 13.0 Å². The van der Waals surface area contributed by atoms with E-state index < -0.39 is 6.61 Å². The molecule has 0 heterocycles. The topological polar surface area (TPSA) is 50.1 Å². The van der Waals surface area contributed by atoms with Gasteiger partial charge in [-0.1, -0.05) is 12.1 Å². The molecule has 1 aromatic carbocycles. The van der Waals surface area contributed by atoms with Gasteiger partial charge in [-0.15, -0.1) is 0 Å². The number of alkyl halides is 2. The zero-order valence-electron chi connectivity index (χ0n) is 9.24. The number of hydrogen-bond acceptors (Lipinski definition) is 3. The first-order valence-corrected chi connectivity index (χ1v) is 4.96. The Labute approximate surface area is 97.6 Å². The Morgan fingerprint density at radius 2 is 2.24 bits per heavy atom. The van der Waals surface area contributed by atoms with Crippen molar-refractivity contribution < 1.29 is 18.3 Å². The maximum absolute atomic E-state index is 12.1. The molecule has 90 valence electrons. The highest BCUT2D eigenvalue weighted by Gasteiger charge is 2.10. The summed E-state index contributed by atoms with van der Waals surface area (Å²) in [5.41, 5.74) is 1.05. The first-order chi connectivity index (χ1) is 8.02. The molecule has 0 aliphatic rings. The first kappa shape index (κ1) is 13.1. The molecule has 0 aliphatic carbocycles. The van der Waals surface area contributed by atoms with Crippen molar-refractivity contribution in [2.24, 2.45) is 0 Å². The molecular formula is C12H11F2NO2. The zero-order chi connectivity index (χ0) is 12.8. The Kier molecular flexibility index (Phi) is 4.58. The maximum Gasteiger partial charge on any atom is 0.387 e. The van der Waals surface area contributed by atoms with Crippen LogP contribution < -0.4 is 4.74 Å². The smallest absolute Gasteiger partial charge is 0.387 e. The van der Waals surface area contributed by atoms with Gasteiger partial charge in [-0.05, 0) is 18.6 Å². The van der Waals surface area contributed by atoms with E-state index in [0.29, 0.717) is 11.1 Å². The number of ether oxygens (including phenoxy) is 1. The predicted molar refractivity (Wildman–Crippen MR) is 56.8 cm³/mol. The first-order valence-electron chi connectivity index (χ1n) is 4.96. The van der Waals surface area contributed by atoms with Crippen molar-refractivity contribution in [3.05, 3.63) is 29.3 Å². The van der Waals surface area contributed by atoms with Gasteiger partial charge in [0.2, 0.25) is 0 Å². The lowest BCUT2D eigenvalue weighted by Gasteiger charge is -2.10. The summed E-state index contributed by atoms with van der Waals surface area (Å²) in [7, 11) is 0. The minimum absolute atomic E-state index is 0.0196. The molecule has 0 saturated carbocycles. The van der Waals surface area contributed by atoms with Crippen LogP contribution in [0.2, 0.25) is 0 Å². The van der Waals surface area contributed by atoms with E-state index in [2.05, 4.69) is 4.74 Å². The third-order valence-corrected chi connectivity index (χ3v) is 2.06. The quantitative estimate of drug-likeness (QED) is 0.793. The zero-order valence-corrected chi connectivity index (χ0v) is 9.24. The van der Waals surface area contributed by atoms with E-state index in [0.717, 1.165) is 0 Å². The van der Waals surface area contributed by atoms with Crippen LogP contribution in [0.3, 0.4) is 0 Å². The van der Waals surface area contributed by atoms with Gasteiger partial charge in [-0.25, -0.2) is 0 Å². The Hall–Kier alpha value is -1.96. The molecule has 5 heteroatoms. The summed E-state index contributed by atoms with van der Waals surface area (Å²) in [4.78, 5) is 10.9. The summed E-state index contributed by atoms with van der Waals surface area (Å²) in [6.45, 7) is -1.49. The summed E-state index contributed by atoms with van der Waals surface area (Å²) in [6, 6.07) is 6.31. The number of hydrogen-bond donors (Lipinski definition) is 0. The van der Waals surface area contributed by atoms with Crippen molar-refractivity contribution in [2.45, 2.75) is 26.4 Å². The minimum atomic E-state index is -2.92. The maximum atomic E-state index is 12.1. The van der Waals surface area contributed by atoms with E-state index >= 15 is 0 Å². The number of ketones is 1. The van der Waals surface area contributed by atoms with Gasteiger partial charge in [0.05, 0.1) is 12.5 Å². The summed E-state index contributed by atoms with van der Waals surface area (Å²) < 4.78 is 28.5. The van der Waals surface area contributed by atoms with Gasteiger partial charge < -0.3 is 4.74 Å². The second kappa shape index (κ2) is 5.94. The second-order valence-corrected chi connectivity index (χ2v) is 3.53. The molecule has 0 atom stereocenters. The lowest BCUT2D eigenvalue weighted by atomic mass is 10.0. The van der Waals surface area contributed by atoms with Crippen molar-refractivity contribution in [3.8, 4) is 11.8 Å². The third-order valence-electron chi connectivity index (χ3n) is 2.06. The molecule has 0 saturated heterocycles. The van der Waals surface area contributed by atoms with Crippen LogP contribution >= 0.6 is 0 Å². The summed E-state index contributed by atoms with van der Waals surface area (Å²) in [5.74, 6) is -0.0516. The van der Waals surface area contributed by atoms with Crippen molar-refractivity contribution in [3.63, 3.8) is 0 Å². The standard InChI is InChI=1S/C12H11F2NO2/c1-8(16)6-9-2-3-11(17-12(13)14)10(7-9)4-5-15/h2-3,7,12H,4,6H2,1H3. The molecule has 0 spiro atoms. The van der Waals surface area contributed by atoms with Crippen molar-refractivity contribution >= 4 is 5.78 Å². The van der Waals surface area contributed by atoms with Crippen LogP contribution in [0, 0.1) is 11.3 Å². The van der Waals surface area contributed by atoms with Crippen molar-refractivity contribution in [1.82, 2.24) is 0 Å². The summed E-state index contributed by atoms with van der Waals surface area (Å²) >= 11 is 0. The summed E-state index contributed by atoms with van der Waals surface area (Å²) in [5, 5.41) is 8.59. The molecule has 3 nitrogen and oxygen atoms in total. The second-order valence-electron chi connectivity index (χ2n) is 3.53. The van der Waals surface area contributed by atoms with E-state index in [9.17, 15) is 13.6 Å². The highest BCUT2D eigenvalue weighted by molar-refractivity contribution is 5.78. The predicted octanol–water partition coefficient (Wildman–Crippen LogP) is 2.49. The molecule has 0 fully saturated rings. The fourth-order valence-electron chi connectivity index (χ4n) is 1.46. The summed E-state index contributed by atoms with van der Waals surface area (Å²) in [6.07, 6.45) is 0.182. The Bertz CT molecular complexity index is 452. The minimum Gasteiger partial charge on any atom is -0.435 e. The van der Waals surface area contributed by atoms with Crippen LogP contribution in [0.1, 0.15) is 18.1 Å². The van der Waals surface area contributed by atoms with Gasteiger partial charge in [-0.3, -0.25) is 4.79 Å². The fourth-order valence-corrected chi connectivity index (χ4v) is 1.46. The number of carbonyl (C=O) groups is 1. The van der Waals surface area contributed by atoms with Gasteiger partial charge in [0.25, 0.3) is 0 Å². The van der Waals surface area contributed by atoms with Gasteiger partial charge in [0, 0.05) is 12.0 Å². The largest absolute Gasteiger partial charge is 0.435 e. The Morgan fingerprint density at radius 1 is 1.53 bits per heavy atom. The molecule has 0 N–H and O–H groups in total. The number of Topliss-reactive ketones (excluding diaryl/α,β-unsaturated/α-hetero) is 1. The molecule has 0 bridgehead atoms. The van der Waals surface area contributed by atoms with Crippen LogP contribution in [0.5, 0.6) is 5.75 Å². The lowest BCUT2D eigenvalue weighted by molar-refractivity contribution is -0.116. The number of carbonyl (C=O) groups excluding carboxylic acids is 1. The highest BCUT2D eigenvalue weighted by Crippen LogP contribution is 2.23. The number of benzene rings is 1. The van der Waals surface area contributed by atoms with Gasteiger partial charge in [-0.2, -0.15) is 14.0 Å². The van der Waals surface area contributed by atoms with Gasteiger partial charge in [0.1, 0.15) is 11.5 Å². The molecule has 17 heavy (non-hydrogen) atoms. The van der Waals surface area contributed by atoms with Crippen LogP contribution in [-0.4, -0.2) is 12.4 Å². The van der Waals surface area contributed by atoms with E-state index in [-0.39, 0.29) is 24.4 Å². The van der Waals surface area contributed by atoms with Gasteiger partial charge >= 0.3 is 6.61 Å². The normalized spacial score (nSPS) is 10.1. The molecule has 0 radical (unpaired) electrons. The highest BCUT2D eigenvalue weighted by atomic mass is 19.3. The number of halogens is 2. The molecule has 0 unspecified atom stereocenters. The average molecular weight is 239 g/mol. The average Bonchev–Trinajstić information content (AvgIpc) is 2.21. The fraction of sp³-hybridized carbons (Fsp3) is 0.333. The molecular weight excluding hydrogens is 228 g/mol. The monoisotopic (exact) mass is 239 g/mol. The van der Waals surface area contributed by atoms with E-state index in [1.54, 1.807) is 12.1 Å². The molecule has 1 aromatic rings. The molecule has 0 aliphatic heterocycles. The van der Waals surface area contributed by atoms with Crippen LogP contribution in [0.25, 0.3) is 0 Å². The SMILES string of the molecule is CC(=O)Cc1ccc(OC(F)F)c(CC#N)c1. The van der Waals surface area contributed by atoms with Crippen LogP contribution in [0.15, 0.2) is 18.2 Å². The van der Waals surface area contributed by atoms with Crippen molar-refractivity contribution in [2.75, 3.05) is 0 Å². The van der Waals surface area contributed by atoms with E-state index in [1.807, 2.05) is 6.07 Å². The van der Waals surface area contributed by atoms with E-state index in [4.69, 9.17) is 5.26 Å². The number of nitrogens with zero attached hydrogens (tertiary/aromatic N) is 1. The Balaban J connectivity index is 2.99. The van der Waals surface area contributed by atoms with Gasteiger partial charge in [0.15, 0.2) is 0 Å². The van der Waals surface area contributed by atoms with Crippen LogP contribution in [0.4, 0.5) is 8.78 Å². The third kappa shape index (κ3) is 4.19. The molecule has 0 aromatic heterocycles. The van der Waals surface area contributed by atoms with Crippen LogP contribution in [-0.2, 0) is 17.6 Å². The van der Waals surface area contributed by atoms with Crippen molar-refractivity contribution in [1.29, 1.82) is 5.26 Å². The Morgan fingerprint density at radius 3 is 2.76 bits per heavy atom. The lowest BCUT2D eigenvalue weighted by Crippen LogP contribution is -2.05. The molecule has 1 rings (SSSR count). The number of nitriles is 1.